The fourth-order valence-corrected chi connectivity index (χ4v) is 2.90. The lowest BCUT2D eigenvalue weighted by Gasteiger charge is -2.13. The third-order valence-corrected chi connectivity index (χ3v) is 4.10. The van der Waals surface area contributed by atoms with Crippen LogP contribution in [0.5, 0.6) is 0 Å². The molecule has 3 heteroatoms. The minimum atomic E-state index is 0.869. The van der Waals surface area contributed by atoms with Crippen LogP contribution in [0.25, 0.3) is 11.3 Å². The van der Waals surface area contributed by atoms with Crippen molar-refractivity contribution in [3.05, 3.63) is 53.7 Å². The highest BCUT2D eigenvalue weighted by molar-refractivity contribution is 5.62. The standard InChI is InChI=1S/C18H23N3/c1-3-7-15(8-4-1)11-12-19-13-17-14-20-21-18(17)16-9-5-2-6-10-16/h2,5-7,9-10,14,19H,1,3-4,8,11-13H2,(H,20,21). The molecule has 0 saturated carbocycles. The lowest BCUT2D eigenvalue weighted by Crippen LogP contribution is -2.15. The summed E-state index contributed by atoms with van der Waals surface area (Å²) < 4.78 is 0. The molecule has 0 aliphatic heterocycles. The van der Waals surface area contributed by atoms with E-state index < -0.39 is 0 Å². The molecule has 0 bridgehead atoms. The summed E-state index contributed by atoms with van der Waals surface area (Å²) in [6.07, 6.45) is 10.8. The van der Waals surface area contributed by atoms with E-state index in [9.17, 15) is 0 Å². The number of rotatable bonds is 6. The van der Waals surface area contributed by atoms with E-state index in [0.29, 0.717) is 0 Å². The number of hydrogen-bond acceptors (Lipinski definition) is 2. The predicted molar refractivity (Wildman–Crippen MR) is 86.9 cm³/mol. The van der Waals surface area contributed by atoms with E-state index in [0.717, 1.165) is 18.8 Å². The maximum atomic E-state index is 4.19. The highest BCUT2D eigenvalue weighted by atomic mass is 15.1. The van der Waals surface area contributed by atoms with E-state index in [4.69, 9.17) is 0 Å². The van der Waals surface area contributed by atoms with Crippen LogP contribution in [-0.4, -0.2) is 16.7 Å². The van der Waals surface area contributed by atoms with Crippen LogP contribution < -0.4 is 5.32 Å². The Morgan fingerprint density at radius 3 is 2.86 bits per heavy atom. The molecule has 3 rings (SSSR count). The van der Waals surface area contributed by atoms with E-state index >= 15 is 0 Å². The van der Waals surface area contributed by atoms with Crippen LogP contribution in [0.15, 0.2) is 48.2 Å². The smallest absolute Gasteiger partial charge is 0.0695 e. The van der Waals surface area contributed by atoms with Gasteiger partial charge in [-0.15, -0.1) is 0 Å². The Kier molecular flexibility index (Phi) is 4.85. The molecule has 1 aliphatic rings. The summed E-state index contributed by atoms with van der Waals surface area (Å²) in [5, 5.41) is 10.8. The van der Waals surface area contributed by atoms with Gasteiger partial charge in [-0.25, -0.2) is 0 Å². The van der Waals surface area contributed by atoms with Crippen molar-refractivity contribution in [2.75, 3.05) is 6.54 Å². The quantitative estimate of drug-likeness (QED) is 0.619. The van der Waals surface area contributed by atoms with Gasteiger partial charge in [0.05, 0.1) is 11.9 Å². The molecule has 3 nitrogen and oxygen atoms in total. The van der Waals surface area contributed by atoms with Crippen molar-refractivity contribution >= 4 is 0 Å². The highest BCUT2D eigenvalue weighted by Crippen LogP contribution is 2.21. The molecule has 0 fully saturated rings. The van der Waals surface area contributed by atoms with Crippen molar-refractivity contribution in [3.63, 3.8) is 0 Å². The third-order valence-electron chi connectivity index (χ3n) is 4.10. The average Bonchev–Trinajstić information content (AvgIpc) is 3.02. The lowest BCUT2D eigenvalue weighted by molar-refractivity contribution is 0.633. The van der Waals surface area contributed by atoms with Gasteiger partial charge >= 0.3 is 0 Å². The molecule has 2 aromatic rings. The summed E-state index contributed by atoms with van der Waals surface area (Å²) >= 11 is 0. The Balaban J connectivity index is 1.52. The molecule has 0 spiro atoms. The first-order chi connectivity index (χ1) is 10.4. The van der Waals surface area contributed by atoms with Gasteiger partial charge in [0.15, 0.2) is 0 Å². The highest BCUT2D eigenvalue weighted by Gasteiger charge is 2.07. The number of allylic oxidation sites excluding steroid dienone is 1. The number of nitrogens with zero attached hydrogens (tertiary/aromatic N) is 1. The largest absolute Gasteiger partial charge is 0.312 e. The van der Waals surface area contributed by atoms with Crippen molar-refractivity contribution < 1.29 is 0 Å². The molecule has 0 unspecified atom stereocenters. The summed E-state index contributed by atoms with van der Waals surface area (Å²) in [4.78, 5) is 0. The zero-order valence-corrected chi connectivity index (χ0v) is 12.4. The van der Waals surface area contributed by atoms with Gasteiger partial charge in [-0.05, 0) is 44.2 Å². The molecule has 0 saturated heterocycles. The average molecular weight is 281 g/mol. The van der Waals surface area contributed by atoms with Crippen molar-refractivity contribution in [1.29, 1.82) is 0 Å². The molecule has 1 aromatic heterocycles. The van der Waals surface area contributed by atoms with Crippen LogP contribution >= 0.6 is 0 Å². The predicted octanol–water partition coefficient (Wildman–Crippen LogP) is 4.06. The molecule has 21 heavy (non-hydrogen) atoms. The van der Waals surface area contributed by atoms with Gasteiger partial charge in [0.25, 0.3) is 0 Å². The van der Waals surface area contributed by atoms with Gasteiger partial charge < -0.3 is 5.32 Å². The molecule has 110 valence electrons. The molecular formula is C18H23N3. The lowest BCUT2D eigenvalue weighted by atomic mass is 9.97. The molecule has 1 aliphatic carbocycles. The SMILES string of the molecule is C1=C(CCNCc2cn[nH]c2-c2ccccc2)CCCC1. The topological polar surface area (TPSA) is 40.7 Å². The Morgan fingerprint density at radius 2 is 2.05 bits per heavy atom. The summed E-state index contributed by atoms with van der Waals surface area (Å²) in [7, 11) is 0. The minimum Gasteiger partial charge on any atom is -0.312 e. The van der Waals surface area contributed by atoms with Crippen molar-refractivity contribution in [3.8, 4) is 11.3 Å². The van der Waals surface area contributed by atoms with E-state index in [-0.39, 0.29) is 0 Å². The van der Waals surface area contributed by atoms with Gasteiger partial charge in [-0.3, -0.25) is 5.10 Å². The maximum Gasteiger partial charge on any atom is 0.0695 e. The number of hydrogen-bond donors (Lipinski definition) is 2. The molecular weight excluding hydrogens is 258 g/mol. The van der Waals surface area contributed by atoms with Gasteiger partial charge in [0.1, 0.15) is 0 Å². The fraction of sp³-hybridized carbons (Fsp3) is 0.389. The first kappa shape index (κ1) is 14.1. The zero-order valence-electron chi connectivity index (χ0n) is 12.4. The Bertz CT molecular complexity index is 584. The van der Waals surface area contributed by atoms with Gasteiger partial charge in [-0.2, -0.15) is 5.10 Å². The normalized spacial score (nSPS) is 15.0. The van der Waals surface area contributed by atoms with Crippen LogP contribution in [-0.2, 0) is 6.54 Å². The molecule has 1 heterocycles. The van der Waals surface area contributed by atoms with Gasteiger partial charge in [-0.1, -0.05) is 42.0 Å². The second kappa shape index (κ2) is 7.23. The number of aromatic nitrogens is 2. The Morgan fingerprint density at radius 1 is 1.14 bits per heavy atom. The molecule has 2 N–H and O–H groups in total. The van der Waals surface area contributed by atoms with Crippen LogP contribution in [0.4, 0.5) is 0 Å². The Labute approximate surface area is 126 Å². The zero-order chi connectivity index (χ0) is 14.3. The number of benzene rings is 1. The second-order valence-corrected chi connectivity index (χ2v) is 5.67. The van der Waals surface area contributed by atoms with E-state index in [1.165, 1.54) is 43.2 Å². The monoisotopic (exact) mass is 281 g/mol. The maximum absolute atomic E-state index is 4.19. The third kappa shape index (κ3) is 3.82. The first-order valence-electron chi connectivity index (χ1n) is 7.90. The summed E-state index contributed by atoms with van der Waals surface area (Å²) in [5.74, 6) is 0. The minimum absolute atomic E-state index is 0.869. The van der Waals surface area contributed by atoms with E-state index in [1.807, 2.05) is 12.3 Å². The van der Waals surface area contributed by atoms with Crippen LogP contribution in [0.1, 0.15) is 37.7 Å². The summed E-state index contributed by atoms with van der Waals surface area (Å²) in [5.41, 5.74) is 5.19. The molecule has 0 atom stereocenters. The van der Waals surface area contributed by atoms with Crippen LogP contribution in [0.3, 0.4) is 0 Å². The first-order valence-corrected chi connectivity index (χ1v) is 7.90. The Hall–Kier alpha value is -1.87. The number of H-pyrrole nitrogens is 1. The summed E-state index contributed by atoms with van der Waals surface area (Å²) in [6, 6.07) is 10.4. The van der Waals surface area contributed by atoms with Crippen molar-refractivity contribution in [1.82, 2.24) is 15.5 Å². The second-order valence-electron chi connectivity index (χ2n) is 5.67. The molecule has 0 amide bonds. The van der Waals surface area contributed by atoms with E-state index in [1.54, 1.807) is 5.57 Å². The fourth-order valence-electron chi connectivity index (χ4n) is 2.90. The molecule has 0 radical (unpaired) electrons. The van der Waals surface area contributed by atoms with Gasteiger partial charge in [0.2, 0.25) is 0 Å². The van der Waals surface area contributed by atoms with Crippen LogP contribution in [0.2, 0.25) is 0 Å². The van der Waals surface area contributed by atoms with E-state index in [2.05, 4.69) is 45.9 Å². The van der Waals surface area contributed by atoms with Crippen LogP contribution in [0, 0.1) is 0 Å². The van der Waals surface area contributed by atoms with Crippen molar-refractivity contribution in [2.45, 2.75) is 38.6 Å². The number of aromatic amines is 1. The molecule has 1 aromatic carbocycles. The van der Waals surface area contributed by atoms with Gasteiger partial charge in [0, 0.05) is 12.1 Å². The van der Waals surface area contributed by atoms with Crippen molar-refractivity contribution in [2.24, 2.45) is 0 Å². The number of nitrogens with one attached hydrogen (secondary N) is 2. The summed E-state index contributed by atoms with van der Waals surface area (Å²) in [6.45, 7) is 1.92.